The van der Waals surface area contributed by atoms with Crippen molar-refractivity contribution >= 4 is 0 Å². The smallest absolute Gasteiger partial charge is 0.0569 e. The van der Waals surface area contributed by atoms with E-state index in [-0.39, 0.29) is 0 Å². The van der Waals surface area contributed by atoms with Crippen LogP contribution in [0.2, 0.25) is 0 Å². The Labute approximate surface area is 55.5 Å². The highest BCUT2D eigenvalue weighted by Gasteiger charge is 1.93. The number of hydrogen-bond donors (Lipinski definition) is 0. The molecule has 0 saturated carbocycles. The fourth-order valence-electron chi connectivity index (χ4n) is 0.734. The molecule has 9 heavy (non-hydrogen) atoms. The van der Waals surface area contributed by atoms with Crippen molar-refractivity contribution in [3.8, 4) is 0 Å². The van der Waals surface area contributed by atoms with E-state index in [1.807, 2.05) is 10.9 Å². The zero-order valence-corrected chi connectivity index (χ0v) is 5.83. The lowest BCUT2D eigenvalue weighted by Gasteiger charge is -2.02. The molecular formula is C7H11N2. The molecule has 0 aliphatic rings. The van der Waals surface area contributed by atoms with E-state index in [0.717, 1.165) is 6.54 Å². The van der Waals surface area contributed by atoms with Crippen LogP contribution in [0, 0.1) is 12.0 Å². The summed E-state index contributed by atoms with van der Waals surface area (Å²) in [5, 5.41) is 4.02. The van der Waals surface area contributed by atoms with Crippen LogP contribution >= 0.6 is 0 Å². The first-order valence-electron chi connectivity index (χ1n) is 3.17. The minimum atomic E-state index is 0.665. The van der Waals surface area contributed by atoms with Crippen molar-refractivity contribution in [2.75, 3.05) is 0 Å². The predicted octanol–water partition coefficient (Wildman–Crippen LogP) is 1.34. The Morgan fingerprint density at radius 2 is 2.44 bits per heavy atom. The summed E-state index contributed by atoms with van der Waals surface area (Å²) in [7, 11) is 0. The Kier molecular flexibility index (Phi) is 1.88. The quantitative estimate of drug-likeness (QED) is 0.580. The largest absolute Gasteiger partial charge is 0.272 e. The van der Waals surface area contributed by atoms with E-state index in [2.05, 4.69) is 25.0 Å². The van der Waals surface area contributed by atoms with Gasteiger partial charge in [0.05, 0.1) is 6.20 Å². The predicted molar refractivity (Wildman–Crippen MR) is 35.9 cm³/mol. The average molecular weight is 123 g/mol. The second kappa shape index (κ2) is 2.67. The van der Waals surface area contributed by atoms with Gasteiger partial charge in [0.2, 0.25) is 0 Å². The maximum absolute atomic E-state index is 4.02. The molecule has 1 heterocycles. The zero-order chi connectivity index (χ0) is 6.69. The topological polar surface area (TPSA) is 17.8 Å². The van der Waals surface area contributed by atoms with E-state index >= 15 is 0 Å². The van der Waals surface area contributed by atoms with Crippen LogP contribution in [0.25, 0.3) is 0 Å². The van der Waals surface area contributed by atoms with Crippen molar-refractivity contribution in [3.63, 3.8) is 0 Å². The van der Waals surface area contributed by atoms with Gasteiger partial charge in [-0.05, 0) is 5.92 Å². The molecule has 2 nitrogen and oxygen atoms in total. The summed E-state index contributed by atoms with van der Waals surface area (Å²) >= 11 is 0. The summed E-state index contributed by atoms with van der Waals surface area (Å²) in [4.78, 5) is 0. The van der Waals surface area contributed by atoms with E-state index in [9.17, 15) is 0 Å². The molecular weight excluding hydrogens is 112 g/mol. The third kappa shape index (κ3) is 1.88. The fourth-order valence-corrected chi connectivity index (χ4v) is 0.734. The van der Waals surface area contributed by atoms with Gasteiger partial charge < -0.3 is 0 Å². The Hall–Kier alpha value is -0.790. The van der Waals surface area contributed by atoms with Crippen LogP contribution in [0.1, 0.15) is 13.8 Å². The van der Waals surface area contributed by atoms with E-state index in [1.165, 1.54) is 0 Å². The van der Waals surface area contributed by atoms with Crippen molar-refractivity contribution in [2.45, 2.75) is 20.4 Å². The minimum absolute atomic E-state index is 0.665. The lowest BCUT2D eigenvalue weighted by atomic mass is 10.2. The van der Waals surface area contributed by atoms with E-state index in [0.29, 0.717) is 5.92 Å². The zero-order valence-electron chi connectivity index (χ0n) is 5.83. The van der Waals surface area contributed by atoms with Gasteiger partial charge in [0.1, 0.15) is 0 Å². The molecule has 0 fully saturated rings. The molecule has 0 atom stereocenters. The van der Waals surface area contributed by atoms with Gasteiger partial charge in [-0.2, -0.15) is 5.10 Å². The number of nitrogens with zero attached hydrogens (tertiary/aromatic N) is 2. The van der Waals surface area contributed by atoms with Gasteiger partial charge in [-0.1, -0.05) is 13.8 Å². The SMILES string of the molecule is CC(C)Cn1c[c]cn1. The van der Waals surface area contributed by atoms with E-state index < -0.39 is 0 Å². The summed E-state index contributed by atoms with van der Waals surface area (Å²) in [5.74, 6) is 0.665. The van der Waals surface area contributed by atoms with Crippen molar-refractivity contribution < 1.29 is 0 Å². The van der Waals surface area contributed by atoms with Gasteiger partial charge in [-0.25, -0.2) is 0 Å². The molecule has 0 bridgehead atoms. The molecule has 1 aromatic rings. The van der Waals surface area contributed by atoms with Gasteiger partial charge in [0.25, 0.3) is 0 Å². The molecule has 0 amide bonds. The Morgan fingerprint density at radius 1 is 1.67 bits per heavy atom. The Balaban J connectivity index is 2.48. The molecule has 2 heteroatoms. The average Bonchev–Trinajstić information content (AvgIpc) is 2.15. The second-order valence-corrected chi connectivity index (χ2v) is 2.56. The minimum Gasteiger partial charge on any atom is -0.272 e. The molecule has 49 valence electrons. The van der Waals surface area contributed by atoms with Crippen LogP contribution in [0.3, 0.4) is 0 Å². The van der Waals surface area contributed by atoms with Crippen molar-refractivity contribution in [3.05, 3.63) is 18.5 Å². The monoisotopic (exact) mass is 123 g/mol. The highest BCUT2D eigenvalue weighted by atomic mass is 15.3. The van der Waals surface area contributed by atoms with Crippen LogP contribution in [0.15, 0.2) is 12.4 Å². The first-order valence-corrected chi connectivity index (χ1v) is 3.17. The summed E-state index contributed by atoms with van der Waals surface area (Å²) in [6, 6.07) is 2.89. The Bertz CT molecular complexity index is 153. The molecule has 0 aromatic carbocycles. The highest BCUT2D eigenvalue weighted by Crippen LogP contribution is 1.95. The third-order valence-electron chi connectivity index (χ3n) is 1.06. The first-order chi connectivity index (χ1) is 4.29. The lowest BCUT2D eigenvalue weighted by Crippen LogP contribution is -2.03. The van der Waals surface area contributed by atoms with Crippen molar-refractivity contribution in [1.29, 1.82) is 0 Å². The number of hydrogen-bond acceptors (Lipinski definition) is 1. The molecule has 0 saturated heterocycles. The van der Waals surface area contributed by atoms with Crippen LogP contribution < -0.4 is 0 Å². The van der Waals surface area contributed by atoms with Crippen molar-refractivity contribution in [2.24, 2.45) is 5.92 Å². The molecule has 1 radical (unpaired) electrons. The molecule has 0 spiro atoms. The molecule has 0 aliphatic carbocycles. The van der Waals surface area contributed by atoms with Crippen LogP contribution in [-0.2, 0) is 6.54 Å². The van der Waals surface area contributed by atoms with Crippen LogP contribution in [-0.4, -0.2) is 9.78 Å². The van der Waals surface area contributed by atoms with Gasteiger partial charge in [0.15, 0.2) is 0 Å². The van der Waals surface area contributed by atoms with Crippen molar-refractivity contribution in [1.82, 2.24) is 9.78 Å². The molecule has 0 aliphatic heterocycles. The molecule has 1 aromatic heterocycles. The number of aromatic nitrogens is 2. The van der Waals surface area contributed by atoms with E-state index in [4.69, 9.17) is 0 Å². The Morgan fingerprint density at radius 3 is 2.89 bits per heavy atom. The summed E-state index contributed by atoms with van der Waals surface area (Å²) < 4.78 is 1.89. The first kappa shape index (κ1) is 6.33. The van der Waals surface area contributed by atoms with Gasteiger partial charge in [0, 0.05) is 18.8 Å². The summed E-state index contributed by atoms with van der Waals surface area (Å²) in [6.45, 7) is 5.33. The molecule has 0 unspecified atom stereocenters. The molecule has 0 N–H and O–H groups in total. The fraction of sp³-hybridized carbons (Fsp3) is 0.571. The van der Waals surface area contributed by atoms with Crippen LogP contribution in [0.5, 0.6) is 0 Å². The van der Waals surface area contributed by atoms with Gasteiger partial charge in [-0.3, -0.25) is 4.68 Å². The third-order valence-corrected chi connectivity index (χ3v) is 1.06. The van der Waals surface area contributed by atoms with Gasteiger partial charge >= 0.3 is 0 Å². The normalized spacial score (nSPS) is 10.6. The standard InChI is InChI=1S/C7H11N2/c1-7(2)6-9-5-3-4-8-9/h4-5,7H,6H2,1-2H3. The maximum Gasteiger partial charge on any atom is 0.0569 e. The van der Waals surface area contributed by atoms with Gasteiger partial charge in [-0.15, -0.1) is 0 Å². The highest BCUT2D eigenvalue weighted by molar-refractivity contribution is 4.74. The molecule has 1 rings (SSSR count). The summed E-state index contributed by atoms with van der Waals surface area (Å²) in [6.07, 6.45) is 3.54. The lowest BCUT2D eigenvalue weighted by molar-refractivity contribution is 0.483. The van der Waals surface area contributed by atoms with E-state index in [1.54, 1.807) is 6.20 Å². The second-order valence-electron chi connectivity index (χ2n) is 2.56. The summed E-state index contributed by atoms with van der Waals surface area (Å²) in [5.41, 5.74) is 0. The number of rotatable bonds is 2. The maximum atomic E-state index is 4.02. The van der Waals surface area contributed by atoms with Crippen LogP contribution in [0.4, 0.5) is 0 Å².